The number of imide groups is 1. The van der Waals surface area contributed by atoms with Gasteiger partial charge in [0.05, 0.1) is 13.2 Å². The number of urea groups is 1. The second-order valence-electron chi connectivity index (χ2n) is 7.83. The monoisotopic (exact) mass is 395 g/mol. The Morgan fingerprint density at radius 2 is 1.82 bits per heavy atom. The molecule has 10 heteroatoms. The molecule has 3 rings (SSSR count). The zero-order valence-corrected chi connectivity index (χ0v) is 16.5. The van der Waals surface area contributed by atoms with Crippen molar-refractivity contribution in [2.75, 3.05) is 39.3 Å². The molecule has 0 aromatic heterocycles. The molecular formula is C18H29N5O5. The van der Waals surface area contributed by atoms with E-state index in [-0.39, 0.29) is 18.5 Å². The lowest BCUT2D eigenvalue weighted by Crippen LogP contribution is -2.55. The molecule has 3 fully saturated rings. The molecule has 0 radical (unpaired) electrons. The van der Waals surface area contributed by atoms with Gasteiger partial charge < -0.3 is 15.0 Å². The third kappa shape index (κ3) is 4.21. The fraction of sp³-hybridized carbons (Fsp3) is 0.778. The van der Waals surface area contributed by atoms with E-state index in [9.17, 15) is 19.2 Å². The Labute approximate surface area is 164 Å². The van der Waals surface area contributed by atoms with E-state index in [0.29, 0.717) is 51.5 Å². The Balaban J connectivity index is 1.48. The summed E-state index contributed by atoms with van der Waals surface area (Å²) in [5, 5.41) is 3.61. The van der Waals surface area contributed by atoms with E-state index < -0.39 is 17.5 Å². The van der Waals surface area contributed by atoms with Gasteiger partial charge in [0.25, 0.3) is 11.8 Å². The topological polar surface area (TPSA) is 111 Å². The Morgan fingerprint density at radius 1 is 1.18 bits per heavy atom. The molecule has 156 valence electrons. The number of hydrogen-bond donors (Lipinski definition) is 2. The van der Waals surface area contributed by atoms with Crippen molar-refractivity contribution in [3.05, 3.63) is 0 Å². The average Bonchev–Trinajstić information content (AvgIpc) is 2.89. The summed E-state index contributed by atoms with van der Waals surface area (Å²) in [6, 6.07) is -0.569. The predicted molar refractivity (Wildman–Crippen MR) is 98.9 cm³/mol. The van der Waals surface area contributed by atoms with Gasteiger partial charge in [-0.2, -0.15) is 5.01 Å². The van der Waals surface area contributed by atoms with E-state index in [4.69, 9.17) is 4.74 Å². The molecule has 2 aliphatic heterocycles. The van der Waals surface area contributed by atoms with Crippen LogP contribution in [0.4, 0.5) is 9.59 Å². The van der Waals surface area contributed by atoms with E-state index in [2.05, 4.69) is 17.7 Å². The van der Waals surface area contributed by atoms with Gasteiger partial charge in [0.2, 0.25) is 0 Å². The van der Waals surface area contributed by atoms with Gasteiger partial charge in [-0.3, -0.25) is 19.9 Å². The summed E-state index contributed by atoms with van der Waals surface area (Å²) in [6.07, 6.45) is 2.59. The molecule has 10 nitrogen and oxygen atoms in total. The second kappa shape index (κ2) is 8.34. The summed E-state index contributed by atoms with van der Waals surface area (Å²) in [4.78, 5) is 52.6. The van der Waals surface area contributed by atoms with Crippen molar-refractivity contribution < 1.29 is 23.9 Å². The van der Waals surface area contributed by atoms with Gasteiger partial charge in [0.15, 0.2) is 0 Å². The fourth-order valence-electron chi connectivity index (χ4n) is 3.98. The Hall–Kier alpha value is -2.36. The van der Waals surface area contributed by atoms with Crippen LogP contribution in [0, 0.1) is 5.92 Å². The van der Waals surface area contributed by atoms with Crippen LogP contribution in [0.15, 0.2) is 0 Å². The van der Waals surface area contributed by atoms with Crippen LogP contribution >= 0.6 is 0 Å². The van der Waals surface area contributed by atoms with Crippen LogP contribution in [0.2, 0.25) is 0 Å². The maximum absolute atomic E-state index is 12.8. The van der Waals surface area contributed by atoms with E-state index in [1.165, 1.54) is 0 Å². The minimum Gasteiger partial charge on any atom is -0.450 e. The number of hydrogen-bond acceptors (Lipinski definition) is 6. The lowest BCUT2D eigenvalue weighted by atomic mass is 9.77. The summed E-state index contributed by atoms with van der Waals surface area (Å²) >= 11 is 0. The molecule has 1 saturated carbocycles. The van der Waals surface area contributed by atoms with Crippen molar-refractivity contribution in [1.82, 2.24) is 25.6 Å². The molecule has 0 atom stereocenters. The van der Waals surface area contributed by atoms with Gasteiger partial charge in [0, 0.05) is 26.2 Å². The number of hydrazine groups is 1. The average molecular weight is 395 g/mol. The molecule has 5 amide bonds. The Morgan fingerprint density at radius 3 is 2.43 bits per heavy atom. The molecule has 3 aliphatic rings. The number of rotatable bonds is 4. The first kappa shape index (κ1) is 20.4. The number of nitrogens with zero attached hydrogens (tertiary/aromatic N) is 3. The summed E-state index contributed by atoms with van der Waals surface area (Å²) in [6.45, 7) is 6.25. The largest absolute Gasteiger partial charge is 0.450 e. The SMILES string of the molecule is CCOC(=O)N1CCN(CC(=O)NN2C(=O)NC3(CCC(C)CC3)C2=O)CC1. The summed E-state index contributed by atoms with van der Waals surface area (Å²) in [5.74, 6) is -0.258. The Bertz CT molecular complexity index is 638. The van der Waals surface area contributed by atoms with Crippen LogP contribution in [0.3, 0.4) is 0 Å². The fourth-order valence-corrected chi connectivity index (χ4v) is 3.98. The van der Waals surface area contributed by atoms with Gasteiger partial charge in [0.1, 0.15) is 5.54 Å². The van der Waals surface area contributed by atoms with Crippen LogP contribution in [-0.4, -0.2) is 83.6 Å². The number of carbonyl (C=O) groups is 4. The van der Waals surface area contributed by atoms with Crippen LogP contribution in [0.1, 0.15) is 39.5 Å². The zero-order chi connectivity index (χ0) is 20.3. The standard InChI is InChI=1S/C18H29N5O5/c1-3-28-17(27)22-10-8-21(9-11-22)12-14(24)20-23-15(25)18(19-16(23)26)6-4-13(2)5-7-18/h13H,3-12H2,1-2H3,(H,19,26)(H,20,24). The lowest BCUT2D eigenvalue weighted by Gasteiger charge is -2.34. The zero-order valence-electron chi connectivity index (χ0n) is 16.5. The van der Waals surface area contributed by atoms with Gasteiger partial charge >= 0.3 is 12.1 Å². The Kier molecular flexibility index (Phi) is 6.07. The summed E-state index contributed by atoms with van der Waals surface area (Å²) in [5.41, 5.74) is 1.58. The van der Waals surface area contributed by atoms with Gasteiger partial charge in [-0.25, -0.2) is 9.59 Å². The van der Waals surface area contributed by atoms with Crippen molar-refractivity contribution in [3.63, 3.8) is 0 Å². The minimum atomic E-state index is -0.873. The molecule has 1 aliphatic carbocycles. The maximum atomic E-state index is 12.8. The third-order valence-electron chi connectivity index (χ3n) is 5.79. The van der Waals surface area contributed by atoms with Crippen LogP contribution < -0.4 is 10.7 Å². The van der Waals surface area contributed by atoms with E-state index >= 15 is 0 Å². The van der Waals surface area contributed by atoms with Crippen molar-refractivity contribution in [2.24, 2.45) is 5.92 Å². The van der Waals surface area contributed by atoms with E-state index in [0.717, 1.165) is 17.9 Å². The van der Waals surface area contributed by atoms with Crippen molar-refractivity contribution >= 4 is 23.9 Å². The van der Waals surface area contributed by atoms with Gasteiger partial charge in [-0.1, -0.05) is 6.92 Å². The highest BCUT2D eigenvalue weighted by Crippen LogP contribution is 2.35. The highest BCUT2D eigenvalue weighted by Gasteiger charge is 2.52. The molecular weight excluding hydrogens is 366 g/mol. The van der Waals surface area contributed by atoms with Crippen molar-refractivity contribution in [2.45, 2.75) is 45.1 Å². The maximum Gasteiger partial charge on any atom is 0.409 e. The first-order chi connectivity index (χ1) is 13.3. The molecule has 0 aromatic carbocycles. The van der Waals surface area contributed by atoms with Crippen molar-refractivity contribution in [1.29, 1.82) is 0 Å². The van der Waals surface area contributed by atoms with E-state index in [1.807, 2.05) is 4.90 Å². The molecule has 0 unspecified atom stereocenters. The normalized spacial score (nSPS) is 28.4. The van der Waals surface area contributed by atoms with Crippen LogP contribution in [0.5, 0.6) is 0 Å². The molecule has 2 saturated heterocycles. The molecule has 2 N–H and O–H groups in total. The molecule has 2 heterocycles. The summed E-state index contributed by atoms with van der Waals surface area (Å²) < 4.78 is 4.97. The van der Waals surface area contributed by atoms with Crippen molar-refractivity contribution in [3.8, 4) is 0 Å². The first-order valence-electron chi connectivity index (χ1n) is 9.95. The summed E-state index contributed by atoms with van der Waals surface area (Å²) in [7, 11) is 0. The quantitative estimate of drug-likeness (QED) is 0.662. The smallest absolute Gasteiger partial charge is 0.409 e. The third-order valence-corrected chi connectivity index (χ3v) is 5.79. The van der Waals surface area contributed by atoms with Crippen LogP contribution in [-0.2, 0) is 14.3 Å². The molecule has 1 spiro atoms. The number of ether oxygens (including phenoxy) is 1. The highest BCUT2D eigenvalue weighted by atomic mass is 16.6. The van der Waals surface area contributed by atoms with Crippen LogP contribution in [0.25, 0.3) is 0 Å². The van der Waals surface area contributed by atoms with Gasteiger partial charge in [-0.15, -0.1) is 0 Å². The molecule has 0 aromatic rings. The highest BCUT2D eigenvalue weighted by molar-refractivity contribution is 6.08. The predicted octanol–water partition coefficient (Wildman–Crippen LogP) is 0.292. The number of amides is 5. The van der Waals surface area contributed by atoms with Gasteiger partial charge in [-0.05, 0) is 38.5 Å². The number of piperazine rings is 1. The minimum absolute atomic E-state index is 0.0533. The molecule has 0 bridgehead atoms. The lowest BCUT2D eigenvalue weighted by molar-refractivity contribution is -0.140. The number of carbonyl (C=O) groups excluding carboxylic acids is 4. The number of nitrogens with one attached hydrogen (secondary N) is 2. The van der Waals surface area contributed by atoms with E-state index in [1.54, 1.807) is 11.8 Å². The first-order valence-corrected chi connectivity index (χ1v) is 9.95. The second-order valence-corrected chi connectivity index (χ2v) is 7.83. The molecule has 28 heavy (non-hydrogen) atoms.